The summed E-state index contributed by atoms with van der Waals surface area (Å²) < 4.78 is 1.88. The summed E-state index contributed by atoms with van der Waals surface area (Å²) in [5, 5.41) is 13.6. The van der Waals surface area contributed by atoms with Gasteiger partial charge in [-0.25, -0.2) is 9.48 Å². The second-order valence-corrected chi connectivity index (χ2v) is 5.34. The molecule has 0 unspecified atom stereocenters. The fraction of sp³-hybridized carbons (Fsp3) is 0.222. The number of benzene rings is 1. The van der Waals surface area contributed by atoms with Crippen LogP contribution in [0.25, 0.3) is 5.69 Å². The number of rotatable bonds is 2. The Labute approximate surface area is 129 Å². The second-order valence-electron chi connectivity index (χ2n) is 5.34. The van der Waals surface area contributed by atoms with E-state index >= 15 is 0 Å². The normalized spacial score (nSPS) is 17.5. The number of nitrogens with zero attached hydrogens (tertiary/aromatic N) is 2. The number of hydrogen-bond donors (Lipinski definition) is 1. The molecule has 4 nitrogen and oxygen atoms in total. The summed E-state index contributed by atoms with van der Waals surface area (Å²) in [7, 11) is 0. The Morgan fingerprint density at radius 3 is 2.95 bits per heavy atom. The van der Waals surface area contributed by atoms with Crippen molar-refractivity contribution in [2.24, 2.45) is 0 Å². The average Bonchev–Trinajstić information content (AvgIpc) is 2.94. The van der Waals surface area contributed by atoms with Crippen LogP contribution in [0.4, 0.5) is 0 Å². The largest absolute Gasteiger partial charge is 0.478 e. The maximum Gasteiger partial charge on any atom is 0.335 e. The summed E-state index contributed by atoms with van der Waals surface area (Å²) in [6, 6.07) is 6.93. The summed E-state index contributed by atoms with van der Waals surface area (Å²) in [4.78, 5) is 11.1. The maximum atomic E-state index is 11.1. The molecular formula is C18H18N2O2. The smallest absolute Gasteiger partial charge is 0.335 e. The maximum absolute atomic E-state index is 11.1. The molecule has 4 heteroatoms. The predicted molar refractivity (Wildman–Crippen MR) is 85.4 cm³/mol. The molecule has 0 saturated heterocycles. The van der Waals surface area contributed by atoms with Crippen LogP contribution in [0.3, 0.4) is 0 Å². The van der Waals surface area contributed by atoms with Crippen molar-refractivity contribution in [3.8, 4) is 5.69 Å². The standard InChI is InChI=1S/C18H18N2O2/c21-18(22)14-9-7-10-16(12-14)20-17-11-6-4-2-1-3-5-8-15(17)13-19-20/h1-3,5,7,9-10,12-13H,4,6,8,11H2,(H,21,22)/b2-1-,5-3-. The third-order valence-electron chi connectivity index (χ3n) is 3.80. The quantitative estimate of drug-likeness (QED) is 0.921. The molecule has 1 heterocycles. The molecule has 3 rings (SSSR count). The number of aromatic carboxylic acids is 1. The van der Waals surface area contributed by atoms with Gasteiger partial charge in [-0.05, 0) is 49.4 Å². The molecule has 22 heavy (non-hydrogen) atoms. The van der Waals surface area contributed by atoms with Crippen LogP contribution in [0.5, 0.6) is 0 Å². The minimum atomic E-state index is -0.918. The van der Waals surface area contributed by atoms with E-state index in [0.29, 0.717) is 0 Å². The predicted octanol–water partition coefficient (Wildman–Crippen LogP) is 3.56. The first-order valence-corrected chi connectivity index (χ1v) is 7.47. The zero-order chi connectivity index (χ0) is 15.4. The molecular weight excluding hydrogens is 276 g/mol. The lowest BCUT2D eigenvalue weighted by Crippen LogP contribution is -2.06. The van der Waals surface area contributed by atoms with Gasteiger partial charge in [0, 0.05) is 5.69 Å². The Balaban J connectivity index is 2.00. The topological polar surface area (TPSA) is 55.1 Å². The van der Waals surface area contributed by atoms with E-state index in [9.17, 15) is 4.79 Å². The number of allylic oxidation sites excluding steroid dienone is 4. The number of fused-ring (bicyclic) bond motifs is 1. The molecule has 1 aliphatic rings. The highest BCUT2D eigenvalue weighted by Crippen LogP contribution is 2.20. The minimum Gasteiger partial charge on any atom is -0.478 e. The van der Waals surface area contributed by atoms with E-state index in [-0.39, 0.29) is 5.56 Å². The first-order chi connectivity index (χ1) is 10.8. The third kappa shape index (κ3) is 3.01. The van der Waals surface area contributed by atoms with Crippen molar-refractivity contribution >= 4 is 5.97 Å². The van der Waals surface area contributed by atoms with Crippen LogP contribution in [0.15, 0.2) is 54.8 Å². The molecule has 0 atom stereocenters. The van der Waals surface area contributed by atoms with Crippen molar-refractivity contribution in [1.82, 2.24) is 9.78 Å². The number of aromatic nitrogens is 2. The third-order valence-corrected chi connectivity index (χ3v) is 3.80. The first-order valence-electron chi connectivity index (χ1n) is 7.47. The van der Waals surface area contributed by atoms with Gasteiger partial charge >= 0.3 is 5.97 Å². The molecule has 0 spiro atoms. The minimum absolute atomic E-state index is 0.282. The van der Waals surface area contributed by atoms with Gasteiger partial charge in [0.2, 0.25) is 0 Å². The van der Waals surface area contributed by atoms with E-state index in [4.69, 9.17) is 5.11 Å². The first kappa shape index (κ1) is 14.3. The van der Waals surface area contributed by atoms with E-state index < -0.39 is 5.97 Å². The van der Waals surface area contributed by atoms with E-state index in [2.05, 4.69) is 29.4 Å². The van der Waals surface area contributed by atoms with Gasteiger partial charge in [0.15, 0.2) is 0 Å². The lowest BCUT2D eigenvalue weighted by Gasteiger charge is -2.10. The van der Waals surface area contributed by atoms with Gasteiger partial charge in [-0.1, -0.05) is 30.4 Å². The molecule has 1 aromatic carbocycles. The number of carboxylic acids is 1. The van der Waals surface area contributed by atoms with Gasteiger partial charge < -0.3 is 5.11 Å². The van der Waals surface area contributed by atoms with Crippen LogP contribution in [0.1, 0.15) is 34.5 Å². The molecule has 1 aromatic heterocycles. The zero-order valence-electron chi connectivity index (χ0n) is 12.3. The van der Waals surface area contributed by atoms with Gasteiger partial charge in [0.25, 0.3) is 0 Å². The van der Waals surface area contributed by atoms with Crippen molar-refractivity contribution in [1.29, 1.82) is 0 Å². The molecule has 0 aliphatic heterocycles. The van der Waals surface area contributed by atoms with E-state index in [1.54, 1.807) is 18.2 Å². The summed E-state index contributed by atoms with van der Waals surface area (Å²) in [5.74, 6) is -0.918. The number of carbonyl (C=O) groups is 1. The highest BCUT2D eigenvalue weighted by atomic mass is 16.4. The zero-order valence-corrected chi connectivity index (χ0v) is 12.3. The Morgan fingerprint density at radius 2 is 2.09 bits per heavy atom. The molecule has 0 fully saturated rings. The highest BCUT2D eigenvalue weighted by Gasteiger charge is 2.13. The molecule has 2 aromatic rings. The molecule has 0 amide bonds. The van der Waals surface area contributed by atoms with Gasteiger partial charge in [-0.15, -0.1) is 0 Å². The molecule has 112 valence electrons. The SMILES string of the molecule is O=C(O)c1cccc(-n2ncc3c2CCC/C=C\C=C/C3)c1. The lowest BCUT2D eigenvalue weighted by molar-refractivity contribution is 0.0697. The van der Waals surface area contributed by atoms with Crippen LogP contribution >= 0.6 is 0 Å². The van der Waals surface area contributed by atoms with Crippen molar-refractivity contribution < 1.29 is 9.90 Å². The van der Waals surface area contributed by atoms with E-state index in [1.165, 1.54) is 11.3 Å². The molecule has 0 bridgehead atoms. The molecule has 1 N–H and O–H groups in total. The average molecular weight is 294 g/mol. The summed E-state index contributed by atoms with van der Waals surface area (Å²) in [6.45, 7) is 0. The van der Waals surface area contributed by atoms with Crippen LogP contribution in [0.2, 0.25) is 0 Å². The molecule has 0 saturated carbocycles. The van der Waals surface area contributed by atoms with Crippen molar-refractivity contribution in [2.75, 3.05) is 0 Å². The Kier molecular flexibility index (Phi) is 4.19. The van der Waals surface area contributed by atoms with Crippen molar-refractivity contribution in [3.63, 3.8) is 0 Å². The number of carboxylic acid groups (broad SMARTS) is 1. The Morgan fingerprint density at radius 1 is 1.23 bits per heavy atom. The van der Waals surface area contributed by atoms with Gasteiger partial charge in [0.1, 0.15) is 0 Å². The van der Waals surface area contributed by atoms with Crippen molar-refractivity contribution in [3.05, 3.63) is 71.6 Å². The lowest BCUT2D eigenvalue weighted by atomic mass is 10.1. The van der Waals surface area contributed by atoms with E-state index in [1.807, 2.05) is 16.9 Å². The molecule has 0 radical (unpaired) electrons. The van der Waals surface area contributed by atoms with Gasteiger partial charge in [-0.3, -0.25) is 0 Å². The fourth-order valence-corrected chi connectivity index (χ4v) is 2.67. The summed E-state index contributed by atoms with van der Waals surface area (Å²) in [6.07, 6.45) is 14.2. The summed E-state index contributed by atoms with van der Waals surface area (Å²) >= 11 is 0. The van der Waals surface area contributed by atoms with Crippen molar-refractivity contribution in [2.45, 2.75) is 25.7 Å². The van der Waals surface area contributed by atoms with E-state index in [0.717, 1.165) is 31.4 Å². The van der Waals surface area contributed by atoms with Gasteiger partial charge in [-0.2, -0.15) is 5.10 Å². The summed E-state index contributed by atoms with van der Waals surface area (Å²) in [5.41, 5.74) is 3.46. The van der Waals surface area contributed by atoms with Crippen LogP contribution < -0.4 is 0 Å². The fourth-order valence-electron chi connectivity index (χ4n) is 2.67. The monoisotopic (exact) mass is 294 g/mol. The Hall–Kier alpha value is -2.62. The molecule has 1 aliphatic carbocycles. The Bertz CT molecular complexity index is 741. The second kappa shape index (κ2) is 6.43. The highest BCUT2D eigenvalue weighted by molar-refractivity contribution is 5.88. The van der Waals surface area contributed by atoms with Crippen LogP contribution in [0, 0.1) is 0 Å². The van der Waals surface area contributed by atoms with Crippen LogP contribution in [-0.2, 0) is 12.8 Å². The van der Waals surface area contributed by atoms with Gasteiger partial charge in [0.05, 0.1) is 17.4 Å². The number of hydrogen-bond acceptors (Lipinski definition) is 2. The van der Waals surface area contributed by atoms with Crippen LogP contribution in [-0.4, -0.2) is 20.9 Å².